The molecule has 0 unspecified atom stereocenters. The summed E-state index contributed by atoms with van der Waals surface area (Å²) in [5.74, 6) is 0.495. The van der Waals surface area contributed by atoms with Crippen molar-refractivity contribution in [3.63, 3.8) is 0 Å². The van der Waals surface area contributed by atoms with Gasteiger partial charge in [0.1, 0.15) is 23.6 Å². The Morgan fingerprint density at radius 1 is 0.971 bits per heavy atom. The highest BCUT2D eigenvalue weighted by atomic mass is 19.4. The van der Waals surface area contributed by atoms with Crippen LogP contribution in [0.2, 0.25) is 0 Å². The maximum atomic E-state index is 12.4. The first kappa shape index (κ1) is 23.8. The second-order valence-corrected chi connectivity index (χ2v) is 7.74. The molecule has 1 aliphatic rings. The van der Waals surface area contributed by atoms with Crippen LogP contribution in [0.3, 0.4) is 0 Å². The van der Waals surface area contributed by atoms with Gasteiger partial charge in [0.2, 0.25) is 11.8 Å². The van der Waals surface area contributed by atoms with E-state index in [9.17, 15) is 22.8 Å². The van der Waals surface area contributed by atoms with Crippen molar-refractivity contribution in [1.82, 2.24) is 9.97 Å². The molecule has 0 radical (unpaired) electrons. The number of benzene rings is 2. The van der Waals surface area contributed by atoms with E-state index in [1.54, 1.807) is 25.1 Å². The van der Waals surface area contributed by atoms with Gasteiger partial charge in [-0.1, -0.05) is 6.07 Å². The molecule has 0 spiro atoms. The molecule has 0 saturated heterocycles. The quantitative estimate of drug-likeness (QED) is 0.407. The Hall–Kier alpha value is -4.35. The number of anilines is 3. The fraction of sp³-hybridized carbons (Fsp3) is 0.217. The van der Waals surface area contributed by atoms with Crippen LogP contribution < -0.4 is 25.4 Å². The van der Waals surface area contributed by atoms with Crippen molar-refractivity contribution in [1.29, 1.82) is 0 Å². The Kier molecular flexibility index (Phi) is 6.71. The molecule has 1 saturated carbocycles. The van der Waals surface area contributed by atoms with E-state index in [0.29, 0.717) is 22.8 Å². The minimum Gasteiger partial charge on any atom is -0.439 e. The largest absolute Gasteiger partial charge is 0.573 e. The number of rotatable bonds is 7. The van der Waals surface area contributed by atoms with Gasteiger partial charge in [-0.15, -0.1) is 13.2 Å². The van der Waals surface area contributed by atoms with Crippen molar-refractivity contribution in [2.24, 2.45) is 5.92 Å². The minimum atomic E-state index is -4.83. The van der Waals surface area contributed by atoms with Gasteiger partial charge in [0.05, 0.1) is 0 Å². The van der Waals surface area contributed by atoms with Gasteiger partial charge in [-0.2, -0.15) is 0 Å². The van der Waals surface area contributed by atoms with Gasteiger partial charge < -0.3 is 25.4 Å². The summed E-state index contributed by atoms with van der Waals surface area (Å²) in [6, 6.07) is 10.7. The molecule has 12 heteroatoms. The maximum absolute atomic E-state index is 12.4. The van der Waals surface area contributed by atoms with Crippen molar-refractivity contribution < 1.29 is 32.2 Å². The second kappa shape index (κ2) is 9.87. The molecule has 9 nitrogen and oxygen atoms in total. The lowest BCUT2D eigenvalue weighted by Crippen LogP contribution is -2.20. The summed E-state index contributed by atoms with van der Waals surface area (Å²) >= 11 is 0. The average molecular weight is 487 g/mol. The van der Waals surface area contributed by atoms with Gasteiger partial charge in [0.25, 0.3) is 0 Å². The van der Waals surface area contributed by atoms with Crippen LogP contribution in [0.4, 0.5) is 35.2 Å². The van der Waals surface area contributed by atoms with Gasteiger partial charge >= 0.3 is 12.4 Å². The van der Waals surface area contributed by atoms with Crippen molar-refractivity contribution >= 4 is 29.1 Å². The molecule has 182 valence electrons. The van der Waals surface area contributed by atoms with Crippen molar-refractivity contribution in [2.45, 2.75) is 26.1 Å². The zero-order valence-corrected chi connectivity index (χ0v) is 18.3. The Morgan fingerprint density at radius 2 is 1.77 bits per heavy atom. The normalized spacial score (nSPS) is 13.0. The van der Waals surface area contributed by atoms with Crippen LogP contribution in [0.15, 0.2) is 54.9 Å². The number of carbonyl (C=O) groups excluding carboxylic acids is 2. The minimum absolute atomic E-state index is 0.0337. The van der Waals surface area contributed by atoms with Crippen LogP contribution in [0.1, 0.15) is 18.4 Å². The molecule has 0 bridgehead atoms. The monoisotopic (exact) mass is 487 g/mol. The number of alkyl halides is 3. The Bertz CT molecular complexity index is 1250. The summed E-state index contributed by atoms with van der Waals surface area (Å²) in [6.45, 7) is 1.74. The third-order valence-electron chi connectivity index (χ3n) is 4.84. The molecular formula is C23H20F3N5O4. The first-order valence-corrected chi connectivity index (χ1v) is 10.5. The molecule has 3 amide bonds. The number of nitrogens with one attached hydrogen (secondary N) is 3. The van der Waals surface area contributed by atoms with Crippen LogP contribution >= 0.6 is 0 Å². The number of carbonyl (C=O) groups is 2. The Morgan fingerprint density at radius 3 is 2.49 bits per heavy atom. The molecule has 1 heterocycles. The first-order chi connectivity index (χ1) is 16.6. The number of urea groups is 1. The molecule has 2 aromatic carbocycles. The third-order valence-corrected chi connectivity index (χ3v) is 4.84. The lowest BCUT2D eigenvalue weighted by atomic mass is 10.2. The summed E-state index contributed by atoms with van der Waals surface area (Å²) in [6.07, 6.45) is -1.81. The van der Waals surface area contributed by atoms with Crippen LogP contribution in [0.5, 0.6) is 17.4 Å². The van der Waals surface area contributed by atoms with Gasteiger partial charge in [-0.25, -0.2) is 14.8 Å². The Balaban J connectivity index is 1.36. The molecule has 0 atom stereocenters. The molecule has 1 fully saturated rings. The highest BCUT2D eigenvalue weighted by molar-refractivity contribution is 6.00. The number of ether oxygens (including phenoxy) is 2. The lowest BCUT2D eigenvalue weighted by Gasteiger charge is -2.13. The molecule has 4 rings (SSSR count). The van der Waals surface area contributed by atoms with E-state index in [0.717, 1.165) is 25.0 Å². The van der Waals surface area contributed by atoms with Gasteiger partial charge in [0.15, 0.2) is 0 Å². The highest BCUT2D eigenvalue weighted by Crippen LogP contribution is 2.31. The molecule has 1 aromatic heterocycles. The summed E-state index contributed by atoms with van der Waals surface area (Å²) in [4.78, 5) is 32.3. The predicted molar refractivity (Wildman–Crippen MR) is 120 cm³/mol. The van der Waals surface area contributed by atoms with Crippen molar-refractivity contribution in [3.8, 4) is 17.4 Å². The predicted octanol–water partition coefficient (Wildman–Crippen LogP) is 5.47. The second-order valence-electron chi connectivity index (χ2n) is 7.74. The fourth-order valence-electron chi connectivity index (χ4n) is 3.05. The smallest absolute Gasteiger partial charge is 0.439 e. The Labute approximate surface area is 197 Å². The van der Waals surface area contributed by atoms with Crippen molar-refractivity contribution in [2.75, 3.05) is 16.0 Å². The molecular weight excluding hydrogens is 467 g/mol. The highest BCUT2D eigenvalue weighted by Gasteiger charge is 2.31. The summed E-state index contributed by atoms with van der Waals surface area (Å²) in [5, 5.41) is 7.79. The molecule has 3 aromatic rings. The topological polar surface area (TPSA) is 114 Å². The summed E-state index contributed by atoms with van der Waals surface area (Å²) in [7, 11) is 0. The van der Waals surface area contributed by atoms with Crippen LogP contribution in [0, 0.1) is 12.8 Å². The fourth-order valence-corrected chi connectivity index (χ4v) is 3.05. The zero-order valence-electron chi connectivity index (χ0n) is 18.3. The molecule has 35 heavy (non-hydrogen) atoms. The number of nitrogens with zero attached hydrogens (tertiary/aromatic N) is 2. The summed E-state index contributed by atoms with van der Waals surface area (Å²) < 4.78 is 46.7. The maximum Gasteiger partial charge on any atom is 0.573 e. The van der Waals surface area contributed by atoms with E-state index in [1.807, 2.05) is 0 Å². The average Bonchev–Trinajstić information content (AvgIpc) is 3.61. The van der Waals surface area contributed by atoms with E-state index < -0.39 is 18.1 Å². The van der Waals surface area contributed by atoms with E-state index in [-0.39, 0.29) is 23.4 Å². The van der Waals surface area contributed by atoms with E-state index in [1.165, 1.54) is 24.5 Å². The molecule has 0 aliphatic heterocycles. The van der Waals surface area contributed by atoms with Gasteiger partial charge in [-0.05, 0) is 55.7 Å². The number of aromatic nitrogens is 2. The van der Waals surface area contributed by atoms with Crippen LogP contribution in [-0.2, 0) is 4.79 Å². The summed E-state index contributed by atoms with van der Waals surface area (Å²) in [5.41, 5.74) is 1.23. The van der Waals surface area contributed by atoms with Gasteiger partial charge in [-0.3, -0.25) is 4.79 Å². The molecule has 1 aliphatic carbocycles. The number of hydrogen-bond acceptors (Lipinski definition) is 6. The first-order valence-electron chi connectivity index (χ1n) is 10.5. The number of amides is 3. The van der Waals surface area contributed by atoms with E-state index >= 15 is 0 Å². The molecule has 3 N–H and O–H groups in total. The van der Waals surface area contributed by atoms with Gasteiger partial charge in [0, 0.05) is 29.4 Å². The number of hydrogen-bond donors (Lipinski definition) is 3. The SMILES string of the molecule is Cc1cc(Oc2cc(NC(=O)C3CC3)ncn2)ccc1NC(=O)Nc1cccc(OC(F)(F)F)c1. The van der Waals surface area contributed by atoms with E-state index in [2.05, 4.69) is 30.7 Å². The lowest BCUT2D eigenvalue weighted by molar-refractivity contribution is -0.274. The van der Waals surface area contributed by atoms with E-state index in [4.69, 9.17) is 4.74 Å². The standard InChI is InChI=1S/C23H20F3N5O4/c1-13-9-16(34-20-11-19(27-12-28-20)31-21(32)14-5-6-14)7-8-18(13)30-22(33)29-15-3-2-4-17(10-15)35-23(24,25)26/h2-4,7-12,14H,5-6H2,1H3,(H2,29,30,33)(H,27,28,31,32). The van der Waals surface area contributed by atoms with Crippen molar-refractivity contribution in [3.05, 3.63) is 60.4 Å². The van der Waals surface area contributed by atoms with Crippen LogP contribution in [0.25, 0.3) is 0 Å². The zero-order chi connectivity index (χ0) is 25.0. The number of aryl methyl sites for hydroxylation is 1. The third kappa shape index (κ3) is 7.06. The van der Waals surface area contributed by atoms with Crippen LogP contribution in [-0.4, -0.2) is 28.3 Å². The number of halogens is 3.